The summed E-state index contributed by atoms with van der Waals surface area (Å²) in [4.78, 5) is 25.1. The molecule has 1 saturated heterocycles. The lowest BCUT2D eigenvalue weighted by Crippen LogP contribution is -2.61. The Kier molecular flexibility index (Phi) is 4.95. The van der Waals surface area contributed by atoms with Crippen molar-refractivity contribution < 1.29 is 19.4 Å². The van der Waals surface area contributed by atoms with E-state index in [9.17, 15) is 14.7 Å². The number of carbonyl (C=O) groups is 2. The third kappa shape index (κ3) is 3.13. The van der Waals surface area contributed by atoms with Gasteiger partial charge in [-0.15, -0.1) is 0 Å². The fourth-order valence-electron chi connectivity index (χ4n) is 2.13. The molecule has 2 amide bonds. The standard InChI is InChI=1S/C12H22N2O4/c1-4-14(9(2)3)11(17)13-12(10(15)16)5-7-18-8-6-12/h9H,4-8H2,1-3H3,(H,13,17)(H,15,16). The molecule has 1 aliphatic rings. The summed E-state index contributed by atoms with van der Waals surface area (Å²) < 4.78 is 5.16. The van der Waals surface area contributed by atoms with Crippen molar-refractivity contribution in [2.24, 2.45) is 0 Å². The average Bonchev–Trinajstić information content (AvgIpc) is 2.30. The van der Waals surface area contributed by atoms with Gasteiger partial charge >= 0.3 is 12.0 Å². The number of nitrogens with one attached hydrogen (secondary N) is 1. The topological polar surface area (TPSA) is 78.9 Å². The number of nitrogens with zero attached hydrogens (tertiary/aromatic N) is 1. The summed E-state index contributed by atoms with van der Waals surface area (Å²) in [5.74, 6) is -0.987. The predicted octanol–water partition coefficient (Wildman–Crippen LogP) is 1.06. The molecular weight excluding hydrogens is 236 g/mol. The minimum Gasteiger partial charge on any atom is -0.480 e. The van der Waals surface area contributed by atoms with Crippen LogP contribution < -0.4 is 5.32 Å². The predicted molar refractivity (Wildman–Crippen MR) is 66.5 cm³/mol. The Morgan fingerprint density at radius 2 is 1.94 bits per heavy atom. The summed E-state index contributed by atoms with van der Waals surface area (Å²) in [5, 5.41) is 12.0. The molecule has 6 heteroatoms. The van der Waals surface area contributed by atoms with Crippen LogP contribution in [-0.2, 0) is 9.53 Å². The summed E-state index contributed by atoms with van der Waals surface area (Å²) in [6.45, 7) is 6.95. The van der Waals surface area contributed by atoms with E-state index in [1.807, 2.05) is 20.8 Å². The summed E-state index contributed by atoms with van der Waals surface area (Å²) in [6, 6.07) is -0.280. The van der Waals surface area contributed by atoms with Gasteiger partial charge in [0.1, 0.15) is 5.54 Å². The second-order valence-electron chi connectivity index (χ2n) is 4.81. The van der Waals surface area contributed by atoms with Crippen molar-refractivity contribution in [3.63, 3.8) is 0 Å². The van der Waals surface area contributed by atoms with Crippen LogP contribution in [0.5, 0.6) is 0 Å². The molecular formula is C12H22N2O4. The number of carbonyl (C=O) groups excluding carboxylic acids is 1. The number of aliphatic carboxylic acids is 1. The quantitative estimate of drug-likeness (QED) is 0.790. The van der Waals surface area contributed by atoms with E-state index in [1.54, 1.807) is 4.90 Å². The van der Waals surface area contributed by atoms with Gasteiger partial charge in [0.15, 0.2) is 0 Å². The summed E-state index contributed by atoms with van der Waals surface area (Å²) >= 11 is 0. The summed E-state index contributed by atoms with van der Waals surface area (Å²) in [7, 11) is 0. The molecule has 0 aromatic carbocycles. The third-order valence-electron chi connectivity index (χ3n) is 3.33. The van der Waals surface area contributed by atoms with Gasteiger partial charge in [-0.1, -0.05) is 0 Å². The van der Waals surface area contributed by atoms with E-state index in [-0.39, 0.29) is 12.1 Å². The molecule has 1 aliphatic heterocycles. The van der Waals surface area contributed by atoms with Crippen molar-refractivity contribution in [1.29, 1.82) is 0 Å². The average molecular weight is 258 g/mol. The number of hydrogen-bond donors (Lipinski definition) is 2. The van der Waals surface area contributed by atoms with Gasteiger partial charge in [0.05, 0.1) is 0 Å². The van der Waals surface area contributed by atoms with Crippen LogP contribution in [0.2, 0.25) is 0 Å². The zero-order valence-electron chi connectivity index (χ0n) is 11.2. The maximum atomic E-state index is 12.1. The van der Waals surface area contributed by atoms with Crippen LogP contribution in [0.25, 0.3) is 0 Å². The van der Waals surface area contributed by atoms with Crippen LogP contribution in [0, 0.1) is 0 Å². The van der Waals surface area contributed by atoms with Crippen molar-refractivity contribution in [2.75, 3.05) is 19.8 Å². The van der Waals surface area contributed by atoms with Gasteiger partial charge in [-0.2, -0.15) is 0 Å². The van der Waals surface area contributed by atoms with Gasteiger partial charge in [-0.05, 0) is 20.8 Å². The van der Waals surface area contributed by atoms with E-state index >= 15 is 0 Å². The molecule has 0 aliphatic carbocycles. The third-order valence-corrected chi connectivity index (χ3v) is 3.33. The highest BCUT2D eigenvalue weighted by Crippen LogP contribution is 2.21. The fraction of sp³-hybridized carbons (Fsp3) is 0.833. The molecule has 0 bridgehead atoms. The Morgan fingerprint density at radius 1 is 1.39 bits per heavy atom. The lowest BCUT2D eigenvalue weighted by molar-refractivity contribution is -0.148. The Morgan fingerprint density at radius 3 is 2.33 bits per heavy atom. The van der Waals surface area contributed by atoms with E-state index in [4.69, 9.17) is 4.74 Å². The van der Waals surface area contributed by atoms with Gasteiger partial charge in [0.2, 0.25) is 0 Å². The number of rotatable bonds is 4. The minimum atomic E-state index is -1.18. The lowest BCUT2D eigenvalue weighted by Gasteiger charge is -2.36. The molecule has 0 atom stereocenters. The van der Waals surface area contributed by atoms with Gasteiger partial charge in [-0.25, -0.2) is 9.59 Å². The normalized spacial score (nSPS) is 18.4. The molecule has 0 unspecified atom stereocenters. The van der Waals surface area contributed by atoms with Crippen LogP contribution in [0.4, 0.5) is 4.79 Å². The Balaban J connectivity index is 2.77. The van der Waals surface area contributed by atoms with Crippen LogP contribution in [0.1, 0.15) is 33.6 Å². The Labute approximate surface area is 107 Å². The first-order valence-electron chi connectivity index (χ1n) is 6.33. The molecule has 1 heterocycles. The van der Waals surface area contributed by atoms with Crippen molar-refractivity contribution in [1.82, 2.24) is 10.2 Å². The van der Waals surface area contributed by atoms with E-state index < -0.39 is 11.5 Å². The molecule has 0 radical (unpaired) electrons. The monoisotopic (exact) mass is 258 g/mol. The van der Waals surface area contributed by atoms with Gasteiger partial charge in [0, 0.05) is 38.6 Å². The molecule has 0 aromatic rings. The summed E-state index contributed by atoms with van der Waals surface area (Å²) in [5.41, 5.74) is -1.18. The molecule has 0 aromatic heterocycles. The number of hydrogen-bond acceptors (Lipinski definition) is 3. The number of carboxylic acids is 1. The van der Waals surface area contributed by atoms with E-state index in [0.717, 1.165) is 0 Å². The second-order valence-corrected chi connectivity index (χ2v) is 4.81. The number of urea groups is 1. The Hall–Kier alpha value is -1.30. The largest absolute Gasteiger partial charge is 0.480 e. The molecule has 0 spiro atoms. The zero-order valence-corrected chi connectivity index (χ0v) is 11.2. The van der Waals surface area contributed by atoms with Gasteiger partial charge in [-0.3, -0.25) is 0 Å². The van der Waals surface area contributed by atoms with Crippen molar-refractivity contribution in [3.05, 3.63) is 0 Å². The SMILES string of the molecule is CCN(C(=O)NC1(C(=O)O)CCOCC1)C(C)C. The molecule has 2 N–H and O–H groups in total. The fourth-order valence-corrected chi connectivity index (χ4v) is 2.13. The van der Waals surface area contributed by atoms with E-state index in [1.165, 1.54) is 0 Å². The van der Waals surface area contributed by atoms with E-state index in [0.29, 0.717) is 32.6 Å². The van der Waals surface area contributed by atoms with Crippen LogP contribution >= 0.6 is 0 Å². The molecule has 1 rings (SSSR count). The first-order chi connectivity index (χ1) is 8.43. The molecule has 6 nitrogen and oxygen atoms in total. The minimum absolute atomic E-state index is 0.0423. The highest BCUT2D eigenvalue weighted by Gasteiger charge is 2.42. The van der Waals surface area contributed by atoms with Crippen LogP contribution in [0.3, 0.4) is 0 Å². The molecule has 18 heavy (non-hydrogen) atoms. The smallest absolute Gasteiger partial charge is 0.329 e. The maximum Gasteiger partial charge on any atom is 0.329 e. The molecule has 104 valence electrons. The number of carboxylic acid groups (broad SMARTS) is 1. The zero-order chi connectivity index (χ0) is 13.8. The summed E-state index contributed by atoms with van der Waals surface area (Å²) in [6.07, 6.45) is 0.618. The van der Waals surface area contributed by atoms with Crippen molar-refractivity contribution in [2.45, 2.75) is 45.2 Å². The number of amides is 2. The number of ether oxygens (including phenoxy) is 1. The second kappa shape index (κ2) is 6.04. The van der Waals surface area contributed by atoms with Crippen molar-refractivity contribution in [3.8, 4) is 0 Å². The highest BCUT2D eigenvalue weighted by atomic mass is 16.5. The van der Waals surface area contributed by atoms with Gasteiger partial charge < -0.3 is 20.1 Å². The lowest BCUT2D eigenvalue weighted by atomic mass is 9.90. The first-order valence-corrected chi connectivity index (χ1v) is 6.33. The van der Waals surface area contributed by atoms with Crippen LogP contribution in [-0.4, -0.2) is 53.3 Å². The maximum absolute atomic E-state index is 12.1. The van der Waals surface area contributed by atoms with Gasteiger partial charge in [0.25, 0.3) is 0 Å². The molecule has 1 fully saturated rings. The Bertz CT molecular complexity index is 311. The van der Waals surface area contributed by atoms with Crippen molar-refractivity contribution >= 4 is 12.0 Å². The first kappa shape index (κ1) is 14.8. The van der Waals surface area contributed by atoms with Crippen LogP contribution in [0.15, 0.2) is 0 Å². The van der Waals surface area contributed by atoms with E-state index in [2.05, 4.69) is 5.32 Å². The molecule has 0 saturated carbocycles. The highest BCUT2D eigenvalue weighted by molar-refractivity contribution is 5.86.